The first kappa shape index (κ1) is 20.3. The van der Waals surface area contributed by atoms with Crippen molar-refractivity contribution in [3.63, 3.8) is 0 Å². The zero-order chi connectivity index (χ0) is 19.8. The molecule has 0 fully saturated rings. The predicted octanol–water partition coefficient (Wildman–Crippen LogP) is 5.02. The maximum atomic E-state index is 13.2. The minimum absolute atomic E-state index is 0.195. The van der Waals surface area contributed by atoms with Crippen molar-refractivity contribution in [1.29, 1.82) is 0 Å². The van der Waals surface area contributed by atoms with E-state index < -0.39 is 0 Å². The summed E-state index contributed by atoms with van der Waals surface area (Å²) in [6.45, 7) is 6.44. The molecular formula is C24H29FN2O. The molecule has 0 N–H and O–H groups in total. The van der Waals surface area contributed by atoms with Crippen LogP contribution in [0.4, 0.5) is 4.39 Å². The third-order valence-electron chi connectivity index (χ3n) is 5.05. The van der Waals surface area contributed by atoms with Gasteiger partial charge in [-0.25, -0.2) is 4.39 Å². The van der Waals surface area contributed by atoms with Gasteiger partial charge in [0.15, 0.2) is 0 Å². The first-order valence-corrected chi connectivity index (χ1v) is 9.80. The second-order valence-electron chi connectivity index (χ2n) is 7.24. The lowest BCUT2D eigenvalue weighted by molar-refractivity contribution is 0.165. The first-order chi connectivity index (χ1) is 13.7. The van der Waals surface area contributed by atoms with Gasteiger partial charge in [0.25, 0.3) is 0 Å². The van der Waals surface area contributed by atoms with Gasteiger partial charge in [-0.15, -0.1) is 0 Å². The largest absolute Gasteiger partial charge is 0.385 e. The SMILES string of the molecule is COCCCN(Cc1ccccc1C)Cc1cccn1Cc1ccc(F)cc1. The Labute approximate surface area is 167 Å². The molecule has 0 aliphatic heterocycles. The van der Waals surface area contributed by atoms with Crippen LogP contribution in [-0.4, -0.2) is 29.7 Å². The third-order valence-corrected chi connectivity index (χ3v) is 5.05. The second-order valence-corrected chi connectivity index (χ2v) is 7.24. The van der Waals surface area contributed by atoms with E-state index in [1.165, 1.54) is 29.0 Å². The van der Waals surface area contributed by atoms with Crippen molar-refractivity contribution in [2.75, 3.05) is 20.3 Å². The molecule has 0 aliphatic carbocycles. The van der Waals surface area contributed by atoms with Gasteiger partial charge in [-0.05, 0) is 54.3 Å². The molecule has 1 aromatic heterocycles. The molecule has 0 unspecified atom stereocenters. The zero-order valence-electron chi connectivity index (χ0n) is 16.8. The summed E-state index contributed by atoms with van der Waals surface area (Å²) in [4.78, 5) is 2.47. The molecule has 4 heteroatoms. The highest BCUT2D eigenvalue weighted by Crippen LogP contribution is 2.16. The lowest BCUT2D eigenvalue weighted by Gasteiger charge is -2.24. The summed E-state index contributed by atoms with van der Waals surface area (Å²) in [6.07, 6.45) is 3.10. The summed E-state index contributed by atoms with van der Waals surface area (Å²) in [5.74, 6) is -0.195. The summed E-state index contributed by atoms with van der Waals surface area (Å²) >= 11 is 0. The number of hydrogen-bond acceptors (Lipinski definition) is 2. The molecule has 0 aliphatic rings. The molecule has 28 heavy (non-hydrogen) atoms. The van der Waals surface area contributed by atoms with Crippen molar-refractivity contribution < 1.29 is 9.13 Å². The molecule has 0 atom stereocenters. The van der Waals surface area contributed by atoms with Crippen LogP contribution in [0.1, 0.15) is 28.8 Å². The van der Waals surface area contributed by atoms with Crippen LogP contribution in [0.15, 0.2) is 66.9 Å². The van der Waals surface area contributed by atoms with Gasteiger partial charge in [0, 0.05) is 51.8 Å². The van der Waals surface area contributed by atoms with Gasteiger partial charge in [-0.3, -0.25) is 4.90 Å². The Morgan fingerprint density at radius 1 is 0.964 bits per heavy atom. The number of methoxy groups -OCH3 is 1. The van der Waals surface area contributed by atoms with Crippen LogP contribution >= 0.6 is 0 Å². The molecule has 0 radical (unpaired) electrons. The monoisotopic (exact) mass is 380 g/mol. The standard InChI is InChI=1S/C24H29FN2O/c1-20-7-3-4-8-22(20)18-26(14-6-16-28-2)19-24-9-5-15-27(24)17-21-10-12-23(25)13-11-21/h3-5,7-13,15H,6,14,16-19H2,1-2H3. The van der Waals surface area contributed by atoms with E-state index in [0.717, 1.165) is 44.8 Å². The number of aromatic nitrogens is 1. The summed E-state index contributed by atoms with van der Waals surface area (Å²) < 4.78 is 20.7. The van der Waals surface area contributed by atoms with Crippen LogP contribution in [0.2, 0.25) is 0 Å². The lowest BCUT2D eigenvalue weighted by atomic mass is 10.1. The molecule has 3 rings (SSSR count). The highest BCUT2D eigenvalue weighted by Gasteiger charge is 2.11. The van der Waals surface area contributed by atoms with Crippen molar-refractivity contribution in [3.05, 3.63) is 95.1 Å². The smallest absolute Gasteiger partial charge is 0.123 e. The third kappa shape index (κ3) is 5.78. The molecule has 0 amide bonds. The van der Waals surface area contributed by atoms with E-state index in [0.29, 0.717) is 0 Å². The van der Waals surface area contributed by atoms with Crippen LogP contribution in [0, 0.1) is 12.7 Å². The number of aryl methyl sites for hydroxylation is 1. The van der Waals surface area contributed by atoms with Crippen LogP contribution in [0.25, 0.3) is 0 Å². The van der Waals surface area contributed by atoms with E-state index >= 15 is 0 Å². The molecule has 1 heterocycles. The van der Waals surface area contributed by atoms with Crippen molar-refractivity contribution in [3.8, 4) is 0 Å². The average molecular weight is 381 g/mol. The Hall–Kier alpha value is -2.43. The van der Waals surface area contributed by atoms with Gasteiger partial charge in [0.2, 0.25) is 0 Å². The number of hydrogen-bond donors (Lipinski definition) is 0. The summed E-state index contributed by atoms with van der Waals surface area (Å²) in [5, 5.41) is 0. The topological polar surface area (TPSA) is 17.4 Å². The molecule has 0 saturated heterocycles. The fourth-order valence-corrected chi connectivity index (χ4v) is 3.44. The Balaban J connectivity index is 1.72. The van der Waals surface area contributed by atoms with Crippen LogP contribution in [-0.2, 0) is 24.4 Å². The quantitative estimate of drug-likeness (QED) is 0.459. The minimum atomic E-state index is -0.195. The molecule has 148 valence electrons. The van der Waals surface area contributed by atoms with Crippen LogP contribution in [0.5, 0.6) is 0 Å². The number of rotatable bonds is 10. The van der Waals surface area contributed by atoms with Gasteiger partial charge < -0.3 is 9.30 Å². The van der Waals surface area contributed by atoms with Gasteiger partial charge in [-0.2, -0.15) is 0 Å². The first-order valence-electron chi connectivity index (χ1n) is 9.80. The summed E-state index contributed by atoms with van der Waals surface area (Å²) in [7, 11) is 1.75. The highest BCUT2D eigenvalue weighted by molar-refractivity contribution is 5.25. The van der Waals surface area contributed by atoms with E-state index in [4.69, 9.17) is 4.74 Å². The second kappa shape index (κ2) is 10.2. The lowest BCUT2D eigenvalue weighted by Crippen LogP contribution is -2.26. The zero-order valence-corrected chi connectivity index (χ0v) is 16.8. The van der Waals surface area contributed by atoms with E-state index in [-0.39, 0.29) is 5.82 Å². The van der Waals surface area contributed by atoms with Gasteiger partial charge in [-0.1, -0.05) is 36.4 Å². The Morgan fingerprint density at radius 2 is 1.75 bits per heavy atom. The van der Waals surface area contributed by atoms with E-state index in [1.807, 2.05) is 12.1 Å². The van der Waals surface area contributed by atoms with Gasteiger partial charge in [0.05, 0.1) is 0 Å². The number of benzene rings is 2. The number of halogens is 1. The molecule has 0 saturated carbocycles. The van der Waals surface area contributed by atoms with Crippen molar-refractivity contribution in [1.82, 2.24) is 9.47 Å². The minimum Gasteiger partial charge on any atom is -0.385 e. The van der Waals surface area contributed by atoms with Crippen molar-refractivity contribution in [2.45, 2.75) is 33.0 Å². The Bertz CT molecular complexity index is 857. The summed E-state index contributed by atoms with van der Waals surface area (Å²) in [6, 6.07) is 19.6. The fourth-order valence-electron chi connectivity index (χ4n) is 3.44. The molecule has 2 aromatic carbocycles. The Morgan fingerprint density at radius 3 is 2.50 bits per heavy atom. The highest BCUT2D eigenvalue weighted by atomic mass is 19.1. The van der Waals surface area contributed by atoms with Crippen molar-refractivity contribution in [2.24, 2.45) is 0 Å². The fraction of sp³-hybridized carbons (Fsp3) is 0.333. The summed E-state index contributed by atoms with van der Waals surface area (Å²) in [5.41, 5.74) is 5.04. The average Bonchev–Trinajstić information content (AvgIpc) is 3.12. The normalized spacial score (nSPS) is 11.3. The van der Waals surface area contributed by atoms with Gasteiger partial charge >= 0.3 is 0 Å². The number of nitrogens with zero attached hydrogens (tertiary/aromatic N) is 2. The molecule has 0 spiro atoms. The molecular weight excluding hydrogens is 351 g/mol. The van der Waals surface area contributed by atoms with Crippen molar-refractivity contribution >= 4 is 0 Å². The number of ether oxygens (including phenoxy) is 1. The predicted molar refractivity (Wildman–Crippen MR) is 112 cm³/mol. The maximum Gasteiger partial charge on any atom is 0.123 e. The van der Waals surface area contributed by atoms with Crippen LogP contribution < -0.4 is 0 Å². The maximum absolute atomic E-state index is 13.2. The molecule has 3 nitrogen and oxygen atoms in total. The van der Waals surface area contributed by atoms with Gasteiger partial charge in [0.1, 0.15) is 5.82 Å². The van der Waals surface area contributed by atoms with E-state index in [1.54, 1.807) is 7.11 Å². The van der Waals surface area contributed by atoms with E-state index in [9.17, 15) is 4.39 Å². The van der Waals surface area contributed by atoms with E-state index in [2.05, 4.69) is 59.0 Å². The molecule has 3 aromatic rings. The Kier molecular flexibility index (Phi) is 7.40. The van der Waals surface area contributed by atoms with Crippen LogP contribution in [0.3, 0.4) is 0 Å². The molecule has 0 bridgehead atoms.